The van der Waals surface area contributed by atoms with E-state index < -0.39 is 5.97 Å². The van der Waals surface area contributed by atoms with E-state index in [1.54, 1.807) is 6.07 Å². The highest BCUT2D eigenvalue weighted by Gasteiger charge is 2.12. The van der Waals surface area contributed by atoms with Crippen molar-refractivity contribution in [1.29, 1.82) is 0 Å². The van der Waals surface area contributed by atoms with E-state index in [-0.39, 0.29) is 5.76 Å². The van der Waals surface area contributed by atoms with Crippen molar-refractivity contribution >= 4 is 5.97 Å². The fraction of sp³-hybridized carbons (Fsp3) is 0.545. The number of aromatic carboxylic acids is 1. The van der Waals surface area contributed by atoms with Gasteiger partial charge in [0, 0.05) is 6.04 Å². The molecule has 0 saturated heterocycles. The molecule has 1 atom stereocenters. The molecule has 0 amide bonds. The molecule has 0 radical (unpaired) electrons. The minimum Gasteiger partial charge on any atom is -0.475 e. The number of carboxylic acids is 1. The molecule has 0 aliphatic rings. The maximum Gasteiger partial charge on any atom is 0.371 e. The molecule has 1 rings (SSSR count). The summed E-state index contributed by atoms with van der Waals surface area (Å²) in [5.74, 6) is -0.329. The quantitative estimate of drug-likeness (QED) is 0.811. The van der Waals surface area contributed by atoms with Gasteiger partial charge in [0.1, 0.15) is 5.76 Å². The van der Waals surface area contributed by atoms with Gasteiger partial charge in [-0.3, -0.25) is 4.90 Å². The molecule has 0 fully saturated rings. The third-order valence-electron chi connectivity index (χ3n) is 2.62. The standard InChI is InChI=1S/C11H17NO3/c1-4-8(2)12(3)7-9-5-6-10(15-9)11(13)14/h5-6,8H,4,7H2,1-3H3,(H,13,14). The van der Waals surface area contributed by atoms with E-state index in [2.05, 4.69) is 18.7 Å². The van der Waals surface area contributed by atoms with Crippen molar-refractivity contribution in [2.24, 2.45) is 0 Å². The fourth-order valence-electron chi connectivity index (χ4n) is 1.29. The zero-order valence-corrected chi connectivity index (χ0v) is 9.36. The normalized spacial score (nSPS) is 13.1. The molecule has 15 heavy (non-hydrogen) atoms. The molecule has 0 saturated carbocycles. The van der Waals surface area contributed by atoms with Crippen molar-refractivity contribution in [3.63, 3.8) is 0 Å². The predicted molar refractivity (Wildman–Crippen MR) is 56.9 cm³/mol. The Hall–Kier alpha value is -1.29. The van der Waals surface area contributed by atoms with Gasteiger partial charge >= 0.3 is 5.97 Å². The first-order chi connectivity index (χ1) is 7.04. The van der Waals surface area contributed by atoms with Crippen LogP contribution in [-0.4, -0.2) is 29.1 Å². The highest BCUT2D eigenvalue weighted by molar-refractivity contribution is 5.84. The first-order valence-electron chi connectivity index (χ1n) is 5.06. The summed E-state index contributed by atoms with van der Waals surface area (Å²) >= 11 is 0. The van der Waals surface area contributed by atoms with Crippen molar-refractivity contribution < 1.29 is 14.3 Å². The number of hydrogen-bond donors (Lipinski definition) is 1. The van der Waals surface area contributed by atoms with Crippen LogP contribution in [0.2, 0.25) is 0 Å². The van der Waals surface area contributed by atoms with Gasteiger partial charge in [-0.05, 0) is 32.5 Å². The van der Waals surface area contributed by atoms with Gasteiger partial charge in [0.05, 0.1) is 6.54 Å². The molecule has 1 aromatic rings. The lowest BCUT2D eigenvalue weighted by molar-refractivity contribution is 0.0658. The first-order valence-corrected chi connectivity index (χ1v) is 5.06. The van der Waals surface area contributed by atoms with Crippen LogP contribution in [0.4, 0.5) is 0 Å². The first kappa shape index (κ1) is 11.8. The molecular weight excluding hydrogens is 194 g/mol. The van der Waals surface area contributed by atoms with E-state index >= 15 is 0 Å². The van der Waals surface area contributed by atoms with Crippen LogP contribution in [0.1, 0.15) is 36.6 Å². The number of furan rings is 1. The Morgan fingerprint density at radius 3 is 2.73 bits per heavy atom. The Balaban J connectivity index is 2.61. The smallest absolute Gasteiger partial charge is 0.371 e. The number of nitrogens with zero attached hydrogens (tertiary/aromatic N) is 1. The third-order valence-corrected chi connectivity index (χ3v) is 2.62. The van der Waals surface area contributed by atoms with Crippen molar-refractivity contribution in [2.75, 3.05) is 7.05 Å². The summed E-state index contributed by atoms with van der Waals surface area (Å²) in [5, 5.41) is 8.68. The fourth-order valence-corrected chi connectivity index (χ4v) is 1.29. The Morgan fingerprint density at radius 1 is 1.60 bits per heavy atom. The van der Waals surface area contributed by atoms with Crippen LogP contribution in [0.15, 0.2) is 16.5 Å². The van der Waals surface area contributed by atoms with Crippen molar-refractivity contribution in [3.8, 4) is 0 Å². The summed E-state index contributed by atoms with van der Waals surface area (Å²) in [5.41, 5.74) is 0. The molecule has 1 N–H and O–H groups in total. The molecule has 4 heteroatoms. The van der Waals surface area contributed by atoms with E-state index in [4.69, 9.17) is 9.52 Å². The molecule has 0 spiro atoms. The highest BCUT2D eigenvalue weighted by atomic mass is 16.4. The van der Waals surface area contributed by atoms with Gasteiger partial charge in [-0.2, -0.15) is 0 Å². The Labute approximate surface area is 89.5 Å². The second-order valence-electron chi connectivity index (χ2n) is 3.74. The van der Waals surface area contributed by atoms with Crippen LogP contribution >= 0.6 is 0 Å². The van der Waals surface area contributed by atoms with Crippen molar-refractivity contribution in [1.82, 2.24) is 4.90 Å². The van der Waals surface area contributed by atoms with Gasteiger partial charge in [-0.15, -0.1) is 0 Å². The van der Waals surface area contributed by atoms with E-state index in [1.165, 1.54) is 6.07 Å². The summed E-state index contributed by atoms with van der Waals surface area (Å²) in [4.78, 5) is 12.7. The lowest BCUT2D eigenvalue weighted by atomic mass is 10.2. The zero-order valence-electron chi connectivity index (χ0n) is 9.36. The summed E-state index contributed by atoms with van der Waals surface area (Å²) in [6.07, 6.45) is 1.06. The molecule has 0 aromatic carbocycles. The Bertz CT molecular complexity index is 332. The van der Waals surface area contributed by atoms with Crippen LogP contribution in [-0.2, 0) is 6.54 Å². The average Bonchev–Trinajstić information content (AvgIpc) is 2.65. The minimum absolute atomic E-state index is 0.00236. The molecule has 0 bridgehead atoms. The molecule has 4 nitrogen and oxygen atoms in total. The molecule has 1 unspecified atom stereocenters. The Morgan fingerprint density at radius 2 is 2.27 bits per heavy atom. The molecule has 0 aliphatic heterocycles. The molecule has 84 valence electrons. The van der Waals surface area contributed by atoms with E-state index in [0.29, 0.717) is 18.3 Å². The third kappa shape index (κ3) is 3.09. The summed E-state index contributed by atoms with van der Waals surface area (Å²) in [6, 6.07) is 3.66. The molecular formula is C11H17NO3. The topological polar surface area (TPSA) is 53.7 Å². The van der Waals surface area contributed by atoms with Gasteiger partial charge in [-0.1, -0.05) is 6.92 Å². The van der Waals surface area contributed by atoms with Gasteiger partial charge in [-0.25, -0.2) is 4.79 Å². The second-order valence-corrected chi connectivity index (χ2v) is 3.74. The maximum absolute atomic E-state index is 10.6. The van der Waals surface area contributed by atoms with Crippen molar-refractivity contribution in [2.45, 2.75) is 32.9 Å². The number of carbonyl (C=O) groups is 1. The summed E-state index contributed by atoms with van der Waals surface area (Å²) in [7, 11) is 2.00. The van der Waals surface area contributed by atoms with E-state index in [9.17, 15) is 4.79 Å². The lowest BCUT2D eigenvalue weighted by Crippen LogP contribution is -2.27. The van der Waals surface area contributed by atoms with Gasteiger partial charge in [0.2, 0.25) is 5.76 Å². The number of hydrogen-bond acceptors (Lipinski definition) is 3. The molecule has 0 aliphatic carbocycles. The number of carboxylic acid groups (broad SMARTS) is 1. The second kappa shape index (κ2) is 4.98. The average molecular weight is 211 g/mol. The zero-order chi connectivity index (χ0) is 11.4. The van der Waals surface area contributed by atoms with Crippen LogP contribution in [0.25, 0.3) is 0 Å². The minimum atomic E-state index is -1.02. The highest BCUT2D eigenvalue weighted by Crippen LogP contribution is 2.12. The van der Waals surface area contributed by atoms with Crippen LogP contribution in [0.3, 0.4) is 0 Å². The van der Waals surface area contributed by atoms with Crippen LogP contribution in [0, 0.1) is 0 Å². The lowest BCUT2D eigenvalue weighted by Gasteiger charge is -2.21. The molecule has 1 heterocycles. The van der Waals surface area contributed by atoms with Gasteiger partial charge < -0.3 is 9.52 Å². The maximum atomic E-state index is 10.6. The largest absolute Gasteiger partial charge is 0.475 e. The number of rotatable bonds is 5. The Kier molecular flexibility index (Phi) is 3.91. The van der Waals surface area contributed by atoms with Crippen LogP contribution in [0.5, 0.6) is 0 Å². The van der Waals surface area contributed by atoms with E-state index in [0.717, 1.165) is 6.42 Å². The predicted octanol–water partition coefficient (Wildman–Crippen LogP) is 2.21. The van der Waals surface area contributed by atoms with Gasteiger partial charge in [0.15, 0.2) is 0 Å². The van der Waals surface area contributed by atoms with Gasteiger partial charge in [0.25, 0.3) is 0 Å². The van der Waals surface area contributed by atoms with E-state index in [1.807, 2.05) is 7.05 Å². The monoisotopic (exact) mass is 211 g/mol. The van der Waals surface area contributed by atoms with Crippen LogP contribution < -0.4 is 0 Å². The van der Waals surface area contributed by atoms with Crippen molar-refractivity contribution in [3.05, 3.63) is 23.7 Å². The summed E-state index contributed by atoms with van der Waals surface area (Å²) in [6.45, 7) is 4.88. The molecule has 1 aromatic heterocycles. The SMILES string of the molecule is CCC(C)N(C)Cc1ccc(C(=O)O)o1. The summed E-state index contributed by atoms with van der Waals surface area (Å²) < 4.78 is 5.17.